The van der Waals surface area contributed by atoms with Gasteiger partial charge in [-0.15, -0.1) is 11.8 Å². The van der Waals surface area contributed by atoms with Crippen molar-refractivity contribution in [3.05, 3.63) is 77.9 Å². The third kappa shape index (κ3) is 5.69. The van der Waals surface area contributed by atoms with Crippen LogP contribution in [-0.2, 0) is 4.79 Å². The first-order valence-electron chi connectivity index (χ1n) is 9.56. The molecule has 0 spiro atoms. The number of benzene rings is 2. The van der Waals surface area contributed by atoms with Crippen molar-refractivity contribution >= 4 is 23.4 Å². The smallest absolute Gasteiger partial charge is 0.225 e. The summed E-state index contributed by atoms with van der Waals surface area (Å²) in [5.41, 5.74) is 4.39. The first kappa shape index (κ1) is 20.6. The van der Waals surface area contributed by atoms with Gasteiger partial charge in [-0.3, -0.25) is 4.79 Å². The van der Waals surface area contributed by atoms with E-state index in [1.165, 1.54) is 17.3 Å². The van der Waals surface area contributed by atoms with Crippen molar-refractivity contribution < 1.29 is 4.79 Å². The lowest BCUT2D eigenvalue weighted by atomic mass is 10.0. The third-order valence-corrected chi connectivity index (χ3v) is 5.47. The van der Waals surface area contributed by atoms with Crippen molar-refractivity contribution in [2.24, 2.45) is 0 Å². The molecule has 0 atom stereocenters. The minimum Gasteiger partial charge on any atom is -0.326 e. The molecular weight excluding hydrogens is 378 g/mol. The van der Waals surface area contributed by atoms with E-state index in [2.05, 4.69) is 30.2 Å². The molecule has 4 nitrogen and oxygen atoms in total. The number of pyridine rings is 1. The molecule has 0 bridgehead atoms. The maximum absolute atomic E-state index is 12.3. The quantitative estimate of drug-likeness (QED) is 0.503. The van der Waals surface area contributed by atoms with Crippen LogP contribution >= 0.6 is 11.8 Å². The highest BCUT2D eigenvalue weighted by atomic mass is 32.2. The third-order valence-electron chi connectivity index (χ3n) is 4.48. The number of hydrogen-bond donors (Lipinski definition) is 1. The van der Waals surface area contributed by atoms with E-state index in [0.29, 0.717) is 28.7 Å². The van der Waals surface area contributed by atoms with Gasteiger partial charge in [-0.1, -0.05) is 56.3 Å². The van der Waals surface area contributed by atoms with Gasteiger partial charge in [0.15, 0.2) is 0 Å². The molecule has 0 saturated carbocycles. The molecule has 1 amide bonds. The van der Waals surface area contributed by atoms with Crippen LogP contribution in [0.2, 0.25) is 0 Å². The Morgan fingerprint density at radius 2 is 1.79 bits per heavy atom. The van der Waals surface area contributed by atoms with E-state index in [1.807, 2.05) is 60.7 Å². The Bertz CT molecular complexity index is 1010. The van der Waals surface area contributed by atoms with E-state index in [9.17, 15) is 10.1 Å². The Hall–Kier alpha value is -3.10. The number of nitriles is 1. The number of nitrogens with zero attached hydrogens (tertiary/aromatic N) is 2. The maximum atomic E-state index is 12.3. The summed E-state index contributed by atoms with van der Waals surface area (Å²) in [5, 5.41) is 12.9. The van der Waals surface area contributed by atoms with E-state index >= 15 is 0 Å². The summed E-state index contributed by atoms with van der Waals surface area (Å²) < 4.78 is 0. The lowest BCUT2D eigenvalue weighted by Gasteiger charge is -2.09. The van der Waals surface area contributed by atoms with Crippen molar-refractivity contribution in [3.63, 3.8) is 0 Å². The number of carbonyl (C=O) groups is 1. The van der Waals surface area contributed by atoms with Crippen LogP contribution in [0.3, 0.4) is 0 Å². The van der Waals surface area contributed by atoms with Crippen molar-refractivity contribution in [1.29, 1.82) is 5.26 Å². The van der Waals surface area contributed by atoms with Crippen LogP contribution in [0, 0.1) is 11.3 Å². The van der Waals surface area contributed by atoms with Crippen LogP contribution in [0.1, 0.15) is 37.3 Å². The fourth-order valence-electron chi connectivity index (χ4n) is 2.82. The van der Waals surface area contributed by atoms with Crippen LogP contribution in [0.5, 0.6) is 0 Å². The molecule has 0 aliphatic heterocycles. The fourth-order valence-corrected chi connectivity index (χ4v) is 3.73. The van der Waals surface area contributed by atoms with Crippen LogP contribution in [-0.4, -0.2) is 16.6 Å². The summed E-state index contributed by atoms with van der Waals surface area (Å²) >= 11 is 1.43. The number of thioether (sulfide) groups is 1. The summed E-state index contributed by atoms with van der Waals surface area (Å²) in [6, 6.07) is 23.6. The molecule has 0 radical (unpaired) electrons. The lowest BCUT2D eigenvalue weighted by molar-refractivity contribution is -0.115. The van der Waals surface area contributed by atoms with Crippen LogP contribution in [0.4, 0.5) is 5.69 Å². The Morgan fingerprint density at radius 1 is 1.07 bits per heavy atom. The van der Waals surface area contributed by atoms with Gasteiger partial charge >= 0.3 is 0 Å². The van der Waals surface area contributed by atoms with E-state index in [-0.39, 0.29) is 5.91 Å². The highest BCUT2D eigenvalue weighted by molar-refractivity contribution is 7.99. The number of rotatable bonds is 7. The molecule has 1 heterocycles. The number of carbonyl (C=O) groups excluding carboxylic acids is 1. The standard InChI is InChI=1S/C24H23N3OS/c1-17(2)18-8-11-21(12-9-18)26-23(28)14-15-29-24-20(16-25)10-13-22(27-24)19-6-4-3-5-7-19/h3-13,17H,14-15H2,1-2H3,(H,26,28). The monoisotopic (exact) mass is 401 g/mol. The van der Waals surface area contributed by atoms with E-state index in [0.717, 1.165) is 16.9 Å². The van der Waals surface area contributed by atoms with Gasteiger partial charge in [-0.25, -0.2) is 4.98 Å². The van der Waals surface area contributed by atoms with Crippen molar-refractivity contribution in [2.75, 3.05) is 11.1 Å². The van der Waals surface area contributed by atoms with E-state index in [4.69, 9.17) is 0 Å². The maximum Gasteiger partial charge on any atom is 0.225 e. The average Bonchev–Trinajstić information content (AvgIpc) is 2.74. The minimum absolute atomic E-state index is 0.0486. The lowest BCUT2D eigenvalue weighted by Crippen LogP contribution is -2.12. The minimum atomic E-state index is -0.0486. The molecule has 3 aromatic rings. The molecule has 1 aromatic heterocycles. The van der Waals surface area contributed by atoms with Crippen molar-refractivity contribution in [2.45, 2.75) is 31.2 Å². The van der Waals surface area contributed by atoms with Crippen molar-refractivity contribution in [1.82, 2.24) is 4.98 Å². The predicted octanol–water partition coefficient (Wildman–Crippen LogP) is 5.86. The molecule has 0 aliphatic carbocycles. The highest BCUT2D eigenvalue weighted by Crippen LogP contribution is 2.26. The molecule has 146 valence electrons. The number of nitrogens with one attached hydrogen (secondary N) is 1. The molecule has 0 unspecified atom stereocenters. The topological polar surface area (TPSA) is 65.8 Å². The molecule has 29 heavy (non-hydrogen) atoms. The van der Waals surface area contributed by atoms with E-state index < -0.39 is 0 Å². The zero-order valence-electron chi connectivity index (χ0n) is 16.6. The second-order valence-corrected chi connectivity index (χ2v) is 8.03. The zero-order valence-corrected chi connectivity index (χ0v) is 17.4. The fraction of sp³-hybridized carbons (Fsp3) is 0.208. The Kier molecular flexibility index (Phi) is 7.04. The van der Waals surface area contributed by atoms with Gasteiger partial charge in [0, 0.05) is 23.4 Å². The molecule has 3 rings (SSSR count). The van der Waals surface area contributed by atoms with Gasteiger partial charge < -0.3 is 5.32 Å². The summed E-state index contributed by atoms with van der Waals surface area (Å²) in [5.74, 6) is 0.965. The number of anilines is 1. The Morgan fingerprint density at radius 3 is 2.45 bits per heavy atom. The van der Waals surface area contributed by atoms with Crippen LogP contribution in [0.25, 0.3) is 11.3 Å². The Balaban J connectivity index is 1.59. The van der Waals surface area contributed by atoms with Gasteiger partial charge in [-0.2, -0.15) is 5.26 Å². The predicted molar refractivity (Wildman–Crippen MR) is 119 cm³/mol. The van der Waals surface area contributed by atoms with Gasteiger partial charge in [0.1, 0.15) is 11.1 Å². The largest absolute Gasteiger partial charge is 0.326 e. The molecule has 0 aliphatic rings. The second kappa shape index (κ2) is 9.90. The molecule has 0 saturated heterocycles. The van der Waals surface area contributed by atoms with Gasteiger partial charge in [0.2, 0.25) is 5.91 Å². The molecule has 5 heteroatoms. The van der Waals surface area contributed by atoms with Crippen molar-refractivity contribution in [3.8, 4) is 17.3 Å². The summed E-state index contributed by atoms with van der Waals surface area (Å²) in [7, 11) is 0. The van der Waals surface area contributed by atoms with Gasteiger partial charge in [0.25, 0.3) is 0 Å². The average molecular weight is 402 g/mol. The molecule has 2 aromatic carbocycles. The SMILES string of the molecule is CC(C)c1ccc(NC(=O)CCSc2nc(-c3ccccc3)ccc2C#N)cc1. The first-order valence-corrected chi connectivity index (χ1v) is 10.5. The second-order valence-electron chi connectivity index (χ2n) is 6.95. The molecule has 0 fully saturated rings. The summed E-state index contributed by atoms with van der Waals surface area (Å²) in [6.45, 7) is 4.28. The van der Waals surface area contributed by atoms with Crippen LogP contribution in [0.15, 0.2) is 71.8 Å². The van der Waals surface area contributed by atoms with Gasteiger partial charge in [0.05, 0.1) is 11.3 Å². The summed E-state index contributed by atoms with van der Waals surface area (Å²) in [4.78, 5) is 16.9. The van der Waals surface area contributed by atoms with E-state index in [1.54, 1.807) is 6.07 Å². The Labute approximate surface area is 176 Å². The number of hydrogen-bond acceptors (Lipinski definition) is 4. The molecule has 1 N–H and O–H groups in total. The highest BCUT2D eigenvalue weighted by Gasteiger charge is 2.10. The zero-order chi connectivity index (χ0) is 20.6. The number of amides is 1. The normalized spacial score (nSPS) is 10.6. The van der Waals surface area contributed by atoms with Gasteiger partial charge in [-0.05, 0) is 35.7 Å². The summed E-state index contributed by atoms with van der Waals surface area (Å²) in [6.07, 6.45) is 0.346. The first-order chi connectivity index (χ1) is 14.1. The number of aromatic nitrogens is 1. The van der Waals surface area contributed by atoms with Crippen LogP contribution < -0.4 is 5.32 Å². The molecular formula is C24H23N3OS.